The molecule has 0 atom stereocenters. The Kier molecular flexibility index (Phi) is 4.45. The van der Waals surface area contributed by atoms with Crippen LogP contribution in [0.5, 0.6) is 5.75 Å². The molecule has 10 heteroatoms. The van der Waals surface area contributed by atoms with Crippen molar-refractivity contribution in [1.29, 1.82) is 0 Å². The van der Waals surface area contributed by atoms with Crippen molar-refractivity contribution in [2.24, 2.45) is 0 Å². The maximum absolute atomic E-state index is 12.2. The highest BCUT2D eigenvalue weighted by atomic mass is 35.5. The average Bonchev–Trinajstić information content (AvgIpc) is 2.39. The normalized spacial score (nSPS) is 11.2. The van der Waals surface area contributed by atoms with Gasteiger partial charge in [0, 0.05) is 22.2 Å². The van der Waals surface area contributed by atoms with E-state index in [-0.39, 0.29) is 26.3 Å². The molecule has 2 aromatic rings. The Labute approximate surface area is 135 Å². The van der Waals surface area contributed by atoms with E-state index in [9.17, 15) is 23.6 Å². The van der Waals surface area contributed by atoms with E-state index in [2.05, 4.69) is 4.72 Å². The minimum Gasteiger partial charge on any atom is -0.506 e. The number of rotatable bonds is 4. The molecule has 0 aliphatic rings. The highest BCUT2D eigenvalue weighted by molar-refractivity contribution is 7.92. The van der Waals surface area contributed by atoms with Crippen molar-refractivity contribution in [2.75, 3.05) is 4.72 Å². The summed E-state index contributed by atoms with van der Waals surface area (Å²) < 4.78 is 26.5. The van der Waals surface area contributed by atoms with Crippen LogP contribution in [-0.2, 0) is 10.0 Å². The van der Waals surface area contributed by atoms with E-state index in [1.807, 2.05) is 0 Å². The number of phenols is 1. The molecule has 116 valence electrons. The second-order valence-electron chi connectivity index (χ2n) is 4.17. The van der Waals surface area contributed by atoms with Gasteiger partial charge in [-0.15, -0.1) is 0 Å². The molecule has 2 aromatic carbocycles. The molecule has 0 saturated heterocycles. The van der Waals surface area contributed by atoms with Crippen LogP contribution in [0.4, 0.5) is 11.4 Å². The number of hydrogen-bond acceptors (Lipinski definition) is 5. The predicted molar refractivity (Wildman–Crippen MR) is 82.0 cm³/mol. The number of halogens is 2. The lowest BCUT2D eigenvalue weighted by Gasteiger charge is -2.10. The van der Waals surface area contributed by atoms with Gasteiger partial charge in [-0.25, -0.2) is 8.42 Å². The first-order valence-electron chi connectivity index (χ1n) is 5.65. The molecule has 2 rings (SSSR count). The molecular weight excluding hydrogens is 355 g/mol. The molecule has 0 aliphatic heterocycles. The maximum atomic E-state index is 12.2. The fourth-order valence-corrected chi connectivity index (χ4v) is 3.40. The molecule has 0 radical (unpaired) electrons. The van der Waals surface area contributed by atoms with Gasteiger partial charge in [0.2, 0.25) is 0 Å². The molecule has 0 aliphatic carbocycles. The standard InChI is InChI=1S/C12H8Cl2N2O5S/c13-7-3-8(14)5-10(4-7)22(20,21)15-11-6-9(16(18)19)1-2-12(11)17/h1-6,15,17H. The van der Waals surface area contributed by atoms with Crippen LogP contribution < -0.4 is 4.72 Å². The number of non-ortho nitro benzene ring substituents is 1. The van der Waals surface area contributed by atoms with E-state index in [1.165, 1.54) is 6.07 Å². The number of aromatic hydroxyl groups is 1. The Morgan fingerprint density at radius 1 is 1.09 bits per heavy atom. The summed E-state index contributed by atoms with van der Waals surface area (Å²) in [6.45, 7) is 0. The third-order valence-electron chi connectivity index (χ3n) is 2.58. The summed E-state index contributed by atoms with van der Waals surface area (Å²) in [5, 5.41) is 20.6. The maximum Gasteiger partial charge on any atom is 0.271 e. The van der Waals surface area contributed by atoms with Crippen LogP contribution in [0.2, 0.25) is 10.0 Å². The number of anilines is 1. The van der Waals surface area contributed by atoms with Gasteiger partial charge in [0.05, 0.1) is 15.5 Å². The zero-order valence-corrected chi connectivity index (χ0v) is 13.0. The Balaban J connectivity index is 2.44. The summed E-state index contributed by atoms with van der Waals surface area (Å²) in [5.41, 5.74) is -0.704. The fourth-order valence-electron chi connectivity index (χ4n) is 1.61. The van der Waals surface area contributed by atoms with Crippen molar-refractivity contribution in [2.45, 2.75) is 4.90 Å². The van der Waals surface area contributed by atoms with E-state index >= 15 is 0 Å². The second kappa shape index (κ2) is 5.99. The topological polar surface area (TPSA) is 110 Å². The Bertz CT molecular complexity index is 834. The second-order valence-corrected chi connectivity index (χ2v) is 6.72. The van der Waals surface area contributed by atoms with E-state index < -0.39 is 20.7 Å². The minimum atomic E-state index is -4.12. The summed E-state index contributed by atoms with van der Waals surface area (Å²) in [7, 11) is -4.12. The van der Waals surface area contributed by atoms with Gasteiger partial charge in [0.15, 0.2) is 0 Å². The van der Waals surface area contributed by atoms with Crippen LogP contribution >= 0.6 is 23.2 Å². The first-order chi connectivity index (χ1) is 10.2. The van der Waals surface area contributed by atoms with Crippen LogP contribution in [0.3, 0.4) is 0 Å². The van der Waals surface area contributed by atoms with Crippen LogP contribution in [0.25, 0.3) is 0 Å². The van der Waals surface area contributed by atoms with Crippen LogP contribution in [-0.4, -0.2) is 18.4 Å². The van der Waals surface area contributed by atoms with Gasteiger partial charge in [0.1, 0.15) is 5.75 Å². The van der Waals surface area contributed by atoms with Crippen LogP contribution in [0, 0.1) is 10.1 Å². The van der Waals surface area contributed by atoms with Crippen molar-refractivity contribution in [3.63, 3.8) is 0 Å². The number of phenolic OH excluding ortho intramolecular Hbond substituents is 1. The first kappa shape index (κ1) is 16.3. The molecule has 0 fully saturated rings. The number of nitro groups is 1. The van der Waals surface area contributed by atoms with Gasteiger partial charge in [-0.1, -0.05) is 23.2 Å². The number of nitrogens with one attached hydrogen (secondary N) is 1. The third kappa shape index (κ3) is 3.59. The van der Waals surface area contributed by atoms with Gasteiger partial charge >= 0.3 is 0 Å². The Morgan fingerprint density at radius 2 is 1.68 bits per heavy atom. The van der Waals surface area contributed by atoms with Crippen molar-refractivity contribution in [3.8, 4) is 5.75 Å². The zero-order valence-electron chi connectivity index (χ0n) is 10.7. The van der Waals surface area contributed by atoms with Crippen LogP contribution in [0.15, 0.2) is 41.3 Å². The number of nitrogens with zero attached hydrogens (tertiary/aromatic N) is 1. The molecule has 7 nitrogen and oxygen atoms in total. The highest BCUT2D eigenvalue weighted by Gasteiger charge is 2.19. The van der Waals surface area contributed by atoms with E-state index in [1.54, 1.807) is 0 Å². The largest absolute Gasteiger partial charge is 0.506 e. The van der Waals surface area contributed by atoms with Gasteiger partial charge in [-0.3, -0.25) is 14.8 Å². The van der Waals surface area contributed by atoms with E-state index in [0.29, 0.717) is 0 Å². The molecule has 0 amide bonds. The number of sulfonamides is 1. The molecule has 0 bridgehead atoms. The van der Waals surface area contributed by atoms with E-state index in [4.69, 9.17) is 23.2 Å². The van der Waals surface area contributed by atoms with Crippen molar-refractivity contribution < 1.29 is 18.4 Å². The molecule has 0 heterocycles. The van der Waals surface area contributed by atoms with Gasteiger partial charge in [-0.05, 0) is 24.3 Å². The number of nitro benzene ring substituents is 1. The van der Waals surface area contributed by atoms with Crippen LogP contribution in [0.1, 0.15) is 0 Å². The third-order valence-corrected chi connectivity index (χ3v) is 4.36. The number of benzene rings is 2. The first-order valence-corrected chi connectivity index (χ1v) is 7.89. The summed E-state index contributed by atoms with van der Waals surface area (Å²) in [4.78, 5) is 9.75. The smallest absolute Gasteiger partial charge is 0.271 e. The molecule has 22 heavy (non-hydrogen) atoms. The summed E-state index contributed by atoms with van der Waals surface area (Å²) >= 11 is 11.5. The molecular formula is C12H8Cl2N2O5S. The molecule has 0 spiro atoms. The van der Waals surface area contributed by atoms with E-state index in [0.717, 1.165) is 30.3 Å². The molecule has 2 N–H and O–H groups in total. The molecule has 0 aromatic heterocycles. The highest BCUT2D eigenvalue weighted by Crippen LogP contribution is 2.31. The SMILES string of the molecule is O=[N+]([O-])c1ccc(O)c(NS(=O)(=O)c2cc(Cl)cc(Cl)c2)c1. The summed E-state index contributed by atoms with van der Waals surface area (Å²) in [6, 6.07) is 6.63. The molecule has 0 unspecified atom stereocenters. The zero-order chi connectivity index (χ0) is 16.5. The molecule has 0 saturated carbocycles. The monoisotopic (exact) mass is 362 g/mol. The lowest BCUT2D eigenvalue weighted by Crippen LogP contribution is -2.13. The quantitative estimate of drug-likeness (QED) is 0.491. The predicted octanol–water partition coefficient (Wildman–Crippen LogP) is 3.41. The van der Waals surface area contributed by atoms with Crippen molar-refractivity contribution in [3.05, 3.63) is 56.6 Å². The van der Waals surface area contributed by atoms with Gasteiger partial charge in [-0.2, -0.15) is 0 Å². The summed E-state index contributed by atoms with van der Waals surface area (Å²) in [5.74, 6) is -0.456. The lowest BCUT2D eigenvalue weighted by molar-refractivity contribution is -0.384. The fraction of sp³-hybridized carbons (Fsp3) is 0. The van der Waals surface area contributed by atoms with Crippen molar-refractivity contribution >= 4 is 44.6 Å². The number of hydrogen-bond donors (Lipinski definition) is 2. The minimum absolute atomic E-state index is 0.108. The lowest BCUT2D eigenvalue weighted by atomic mass is 10.2. The Hall–Kier alpha value is -2.03. The summed E-state index contributed by atoms with van der Waals surface area (Å²) in [6.07, 6.45) is 0. The van der Waals surface area contributed by atoms with Crippen molar-refractivity contribution in [1.82, 2.24) is 0 Å². The Morgan fingerprint density at radius 3 is 2.23 bits per heavy atom. The van der Waals surface area contributed by atoms with Gasteiger partial charge < -0.3 is 5.11 Å². The average molecular weight is 363 g/mol. The van der Waals surface area contributed by atoms with Gasteiger partial charge in [0.25, 0.3) is 15.7 Å².